The van der Waals surface area contributed by atoms with Gasteiger partial charge in [0.05, 0.1) is 0 Å². The van der Waals surface area contributed by atoms with Gasteiger partial charge in [0, 0.05) is 5.38 Å². The SMILES string of the molecule is CS/C(=N\S(=O)(=O)c1ccsc1)NC(=O)OC(C)(C)C. The second kappa shape index (κ2) is 6.59. The molecule has 0 fully saturated rings. The summed E-state index contributed by atoms with van der Waals surface area (Å²) in [5.74, 6) is 0. The van der Waals surface area contributed by atoms with Gasteiger partial charge in [-0.2, -0.15) is 19.8 Å². The van der Waals surface area contributed by atoms with E-state index < -0.39 is 21.7 Å². The lowest BCUT2D eigenvalue weighted by molar-refractivity contribution is 0.0565. The highest BCUT2D eigenvalue weighted by Gasteiger charge is 2.19. The van der Waals surface area contributed by atoms with Crippen LogP contribution in [0.3, 0.4) is 0 Å². The zero-order valence-electron chi connectivity index (χ0n) is 11.5. The minimum Gasteiger partial charge on any atom is -0.444 e. The molecule has 6 nitrogen and oxygen atoms in total. The maximum Gasteiger partial charge on any atom is 0.413 e. The monoisotopic (exact) mass is 336 g/mol. The van der Waals surface area contributed by atoms with Gasteiger partial charge in [-0.3, -0.25) is 5.32 Å². The van der Waals surface area contributed by atoms with Crippen molar-refractivity contribution in [2.75, 3.05) is 6.26 Å². The van der Waals surface area contributed by atoms with Crippen molar-refractivity contribution >= 4 is 44.4 Å². The Balaban J connectivity index is 2.86. The number of carbonyl (C=O) groups excluding carboxylic acids is 1. The number of amidine groups is 1. The second-order valence-corrected chi connectivity index (χ2v) is 7.84. The Morgan fingerprint density at radius 2 is 2.10 bits per heavy atom. The summed E-state index contributed by atoms with van der Waals surface area (Å²) in [5, 5.41) is 5.40. The first-order valence-corrected chi connectivity index (χ1v) is 9.16. The van der Waals surface area contributed by atoms with Crippen LogP contribution in [0.4, 0.5) is 4.79 Å². The summed E-state index contributed by atoms with van der Waals surface area (Å²) < 4.78 is 32.5. The van der Waals surface area contributed by atoms with Gasteiger partial charge in [-0.1, -0.05) is 11.8 Å². The number of sulfonamides is 1. The first-order valence-electron chi connectivity index (χ1n) is 5.55. The van der Waals surface area contributed by atoms with Gasteiger partial charge >= 0.3 is 6.09 Å². The number of alkyl carbamates (subject to hydrolysis) is 1. The number of thiophene rings is 1. The smallest absolute Gasteiger partial charge is 0.413 e. The zero-order valence-corrected chi connectivity index (χ0v) is 14.0. The van der Waals surface area contributed by atoms with E-state index in [0.29, 0.717) is 0 Å². The summed E-state index contributed by atoms with van der Waals surface area (Å²) in [4.78, 5) is 11.7. The van der Waals surface area contributed by atoms with E-state index in [1.165, 1.54) is 22.8 Å². The number of rotatable bonds is 2. The van der Waals surface area contributed by atoms with Crippen LogP contribution in [-0.4, -0.2) is 31.5 Å². The molecule has 0 bridgehead atoms. The molecule has 0 aliphatic carbocycles. The Labute approximate surface area is 126 Å². The number of ether oxygens (including phenoxy) is 1. The Morgan fingerprint density at radius 1 is 1.45 bits per heavy atom. The van der Waals surface area contributed by atoms with E-state index in [4.69, 9.17) is 4.74 Å². The molecular weight excluding hydrogens is 320 g/mol. The molecule has 9 heteroatoms. The van der Waals surface area contributed by atoms with Crippen LogP contribution in [0.5, 0.6) is 0 Å². The van der Waals surface area contributed by atoms with Gasteiger partial charge in [-0.25, -0.2) is 4.79 Å². The maximum absolute atomic E-state index is 11.9. The Kier molecular flexibility index (Phi) is 5.60. The number of nitrogens with zero attached hydrogens (tertiary/aromatic N) is 1. The quantitative estimate of drug-likeness (QED) is 0.663. The van der Waals surface area contributed by atoms with Crippen molar-refractivity contribution in [2.45, 2.75) is 31.3 Å². The third-order valence-corrected chi connectivity index (χ3v) is 4.60. The third-order valence-electron chi connectivity index (χ3n) is 1.80. The predicted molar refractivity (Wildman–Crippen MR) is 81.8 cm³/mol. The molecule has 1 aromatic heterocycles. The molecule has 0 saturated carbocycles. The minimum absolute atomic E-state index is 0.0366. The lowest BCUT2D eigenvalue weighted by atomic mass is 10.2. The number of thioether (sulfide) groups is 1. The van der Waals surface area contributed by atoms with E-state index in [0.717, 1.165) is 11.8 Å². The predicted octanol–water partition coefficient (Wildman–Crippen LogP) is 2.68. The molecule has 0 aliphatic heterocycles. The summed E-state index contributed by atoms with van der Waals surface area (Å²) in [6.07, 6.45) is 0.866. The summed E-state index contributed by atoms with van der Waals surface area (Å²) >= 11 is 2.27. The highest BCUT2D eigenvalue weighted by atomic mass is 32.2. The molecule has 0 atom stereocenters. The van der Waals surface area contributed by atoms with Crippen molar-refractivity contribution < 1.29 is 17.9 Å². The average molecular weight is 336 g/mol. The van der Waals surface area contributed by atoms with Crippen LogP contribution in [0.15, 0.2) is 26.1 Å². The molecule has 0 spiro atoms. The number of carbonyl (C=O) groups is 1. The summed E-state index contributed by atoms with van der Waals surface area (Å²) in [6, 6.07) is 1.45. The van der Waals surface area contributed by atoms with Gasteiger partial charge in [0.15, 0.2) is 5.17 Å². The van der Waals surface area contributed by atoms with Gasteiger partial charge in [-0.05, 0) is 38.5 Å². The van der Waals surface area contributed by atoms with Crippen LogP contribution in [-0.2, 0) is 14.8 Å². The van der Waals surface area contributed by atoms with Crippen LogP contribution in [0.2, 0.25) is 0 Å². The fraction of sp³-hybridized carbons (Fsp3) is 0.455. The van der Waals surface area contributed by atoms with E-state index in [-0.39, 0.29) is 10.1 Å². The van der Waals surface area contributed by atoms with E-state index in [1.807, 2.05) is 0 Å². The van der Waals surface area contributed by atoms with Crippen LogP contribution in [0, 0.1) is 0 Å². The summed E-state index contributed by atoms with van der Waals surface area (Å²) in [7, 11) is -3.81. The van der Waals surface area contributed by atoms with Crippen LogP contribution >= 0.6 is 23.1 Å². The molecule has 1 amide bonds. The number of hydrogen-bond donors (Lipinski definition) is 1. The highest BCUT2D eigenvalue weighted by molar-refractivity contribution is 8.13. The van der Waals surface area contributed by atoms with Crippen LogP contribution < -0.4 is 5.32 Å². The van der Waals surface area contributed by atoms with Crippen molar-refractivity contribution in [3.05, 3.63) is 16.8 Å². The van der Waals surface area contributed by atoms with Crippen LogP contribution in [0.25, 0.3) is 0 Å². The second-order valence-electron chi connectivity index (χ2n) is 4.66. The van der Waals surface area contributed by atoms with Gasteiger partial charge in [0.2, 0.25) is 0 Å². The first kappa shape index (κ1) is 17.0. The molecule has 1 aromatic rings. The molecule has 20 heavy (non-hydrogen) atoms. The largest absolute Gasteiger partial charge is 0.444 e. The lowest BCUT2D eigenvalue weighted by Gasteiger charge is -2.19. The fourth-order valence-corrected chi connectivity index (χ4v) is 3.71. The number of hydrogen-bond acceptors (Lipinski definition) is 6. The van der Waals surface area contributed by atoms with E-state index in [2.05, 4.69) is 9.71 Å². The average Bonchev–Trinajstić information content (AvgIpc) is 2.78. The molecule has 1 N–H and O–H groups in total. The number of nitrogens with one attached hydrogen (secondary N) is 1. The molecule has 0 radical (unpaired) electrons. The Morgan fingerprint density at radius 3 is 2.55 bits per heavy atom. The maximum atomic E-state index is 11.9. The lowest BCUT2D eigenvalue weighted by Crippen LogP contribution is -2.35. The molecule has 0 aliphatic rings. The fourth-order valence-electron chi connectivity index (χ4n) is 1.06. The standard InChI is InChI=1S/C11H16N2O4S3/c1-11(2,3)17-10(14)12-9(18-4)13-20(15,16)8-5-6-19-7-8/h5-7H,1-4H3,(H,12,13,14). The first-order chi connectivity index (χ1) is 9.14. The minimum atomic E-state index is -3.81. The topological polar surface area (TPSA) is 84.8 Å². The van der Waals surface area contributed by atoms with Gasteiger partial charge in [0.25, 0.3) is 10.0 Å². The van der Waals surface area contributed by atoms with Crippen LogP contribution in [0.1, 0.15) is 20.8 Å². The highest BCUT2D eigenvalue weighted by Crippen LogP contribution is 2.17. The van der Waals surface area contributed by atoms with Crippen molar-refractivity contribution in [2.24, 2.45) is 4.40 Å². The molecule has 0 saturated heterocycles. The zero-order chi connectivity index (χ0) is 15.4. The summed E-state index contributed by atoms with van der Waals surface area (Å²) in [6.45, 7) is 5.14. The van der Waals surface area contributed by atoms with E-state index in [9.17, 15) is 13.2 Å². The molecule has 1 heterocycles. The van der Waals surface area contributed by atoms with Gasteiger partial charge in [0.1, 0.15) is 10.5 Å². The van der Waals surface area contributed by atoms with Crippen molar-refractivity contribution in [3.8, 4) is 0 Å². The normalized spacial score (nSPS) is 13.1. The third kappa shape index (κ3) is 5.51. The Hall–Kier alpha value is -1.06. The van der Waals surface area contributed by atoms with E-state index in [1.54, 1.807) is 32.4 Å². The molecular formula is C11H16N2O4S3. The van der Waals surface area contributed by atoms with Gasteiger partial charge < -0.3 is 4.74 Å². The van der Waals surface area contributed by atoms with Gasteiger partial charge in [-0.15, -0.1) is 4.40 Å². The molecule has 1 rings (SSSR count). The van der Waals surface area contributed by atoms with Crippen molar-refractivity contribution in [1.82, 2.24) is 5.32 Å². The van der Waals surface area contributed by atoms with Crippen molar-refractivity contribution in [3.63, 3.8) is 0 Å². The summed E-state index contributed by atoms with van der Waals surface area (Å²) in [5.41, 5.74) is -0.667. The Bertz CT molecular complexity index is 586. The molecule has 0 unspecified atom stereocenters. The van der Waals surface area contributed by atoms with E-state index >= 15 is 0 Å². The number of amides is 1. The molecule has 0 aromatic carbocycles. The van der Waals surface area contributed by atoms with Crippen molar-refractivity contribution in [1.29, 1.82) is 0 Å². The molecule has 112 valence electrons.